The third kappa shape index (κ3) is 3.39. The summed E-state index contributed by atoms with van der Waals surface area (Å²) in [7, 11) is 0. The van der Waals surface area contributed by atoms with E-state index in [-0.39, 0.29) is 18.3 Å². The van der Waals surface area contributed by atoms with E-state index in [0.717, 1.165) is 39.1 Å². The number of nitrogens with zero attached hydrogens (tertiary/aromatic N) is 1. The van der Waals surface area contributed by atoms with Crippen molar-refractivity contribution in [2.75, 3.05) is 38.2 Å². The van der Waals surface area contributed by atoms with Gasteiger partial charge in [0.2, 0.25) is 5.91 Å². The van der Waals surface area contributed by atoms with Crippen LogP contribution in [0.4, 0.5) is 5.69 Å². The topological polar surface area (TPSA) is 41.6 Å². The lowest BCUT2D eigenvalue weighted by Crippen LogP contribution is -2.41. The normalized spacial score (nSPS) is 19.8. The van der Waals surface area contributed by atoms with Crippen molar-refractivity contribution in [2.24, 2.45) is 0 Å². The van der Waals surface area contributed by atoms with Gasteiger partial charge in [-0.2, -0.15) is 0 Å². The Balaban J connectivity index is 0.00000156. The summed E-state index contributed by atoms with van der Waals surface area (Å²) >= 11 is 0. The number of carbonyl (C=O) groups is 1. The van der Waals surface area contributed by atoms with Crippen molar-refractivity contribution < 1.29 is 9.53 Å². The zero-order chi connectivity index (χ0) is 14.9. The van der Waals surface area contributed by atoms with E-state index in [1.165, 1.54) is 53.6 Å². The van der Waals surface area contributed by atoms with Gasteiger partial charge in [0, 0.05) is 18.8 Å². The average Bonchev–Trinajstić information content (AvgIpc) is 3.16. The molecule has 126 valence electrons. The van der Waals surface area contributed by atoms with Gasteiger partial charge in [0.15, 0.2) is 0 Å². The van der Waals surface area contributed by atoms with E-state index in [1.807, 2.05) is 0 Å². The average molecular weight is 337 g/mol. The Bertz CT molecular complexity index is 565. The van der Waals surface area contributed by atoms with Gasteiger partial charge in [-0.15, -0.1) is 12.4 Å². The highest BCUT2D eigenvalue weighted by atomic mass is 35.5. The van der Waals surface area contributed by atoms with Gasteiger partial charge in [-0.3, -0.25) is 9.69 Å². The molecule has 1 aromatic carbocycles. The third-order valence-electron chi connectivity index (χ3n) is 5.21. The number of halogens is 1. The first-order valence-corrected chi connectivity index (χ1v) is 8.58. The number of hydrogen-bond acceptors (Lipinski definition) is 3. The highest BCUT2D eigenvalue weighted by Crippen LogP contribution is 2.38. The predicted octanol–water partition coefficient (Wildman–Crippen LogP) is 2.36. The van der Waals surface area contributed by atoms with Crippen LogP contribution in [0.15, 0.2) is 6.07 Å². The summed E-state index contributed by atoms with van der Waals surface area (Å²) in [6.45, 7) is 3.69. The summed E-state index contributed by atoms with van der Waals surface area (Å²) in [6, 6.07) is 2.41. The van der Waals surface area contributed by atoms with Gasteiger partial charge in [0.1, 0.15) is 0 Å². The Hall–Kier alpha value is -1.10. The van der Waals surface area contributed by atoms with Crippen LogP contribution < -0.4 is 5.32 Å². The first-order chi connectivity index (χ1) is 10.8. The van der Waals surface area contributed by atoms with Crippen molar-refractivity contribution in [3.63, 3.8) is 0 Å². The van der Waals surface area contributed by atoms with E-state index in [0.29, 0.717) is 6.54 Å². The minimum atomic E-state index is 0. The molecule has 4 nitrogen and oxygen atoms in total. The molecule has 0 aromatic heterocycles. The number of fused-ring (bicyclic) bond motifs is 2. The SMILES string of the molecule is Cl.O=C(CN1CCOCC1)Nc1c2c(cc3c1CCC3)CCC2. The van der Waals surface area contributed by atoms with E-state index in [9.17, 15) is 4.79 Å². The van der Waals surface area contributed by atoms with Crippen molar-refractivity contribution >= 4 is 24.0 Å². The van der Waals surface area contributed by atoms with E-state index < -0.39 is 0 Å². The Morgan fingerprint density at radius 3 is 2.26 bits per heavy atom. The van der Waals surface area contributed by atoms with E-state index in [2.05, 4.69) is 16.3 Å². The van der Waals surface area contributed by atoms with Gasteiger partial charge in [-0.05, 0) is 60.8 Å². The number of benzene rings is 1. The molecule has 1 aliphatic heterocycles. The summed E-state index contributed by atoms with van der Waals surface area (Å²) in [6.07, 6.45) is 7.05. The molecule has 0 bridgehead atoms. The second-order valence-corrected chi connectivity index (χ2v) is 6.67. The molecular weight excluding hydrogens is 312 g/mol. The minimum Gasteiger partial charge on any atom is -0.379 e. The monoisotopic (exact) mass is 336 g/mol. The maximum atomic E-state index is 12.5. The fourth-order valence-corrected chi connectivity index (χ4v) is 4.11. The molecule has 1 fully saturated rings. The number of ether oxygens (including phenoxy) is 1. The fourth-order valence-electron chi connectivity index (χ4n) is 4.11. The summed E-state index contributed by atoms with van der Waals surface area (Å²) in [5.41, 5.74) is 6.94. The van der Waals surface area contributed by atoms with Crippen LogP contribution in [-0.4, -0.2) is 43.7 Å². The second-order valence-electron chi connectivity index (χ2n) is 6.67. The Morgan fingerprint density at radius 2 is 1.65 bits per heavy atom. The number of carbonyl (C=O) groups excluding carboxylic acids is 1. The summed E-state index contributed by atoms with van der Waals surface area (Å²) in [5, 5.41) is 3.27. The van der Waals surface area contributed by atoms with E-state index in [4.69, 9.17) is 4.74 Å². The van der Waals surface area contributed by atoms with Crippen molar-refractivity contribution in [1.82, 2.24) is 4.90 Å². The lowest BCUT2D eigenvalue weighted by atomic mass is 9.98. The molecule has 23 heavy (non-hydrogen) atoms. The van der Waals surface area contributed by atoms with Crippen LogP contribution in [0.3, 0.4) is 0 Å². The molecule has 1 heterocycles. The highest BCUT2D eigenvalue weighted by molar-refractivity contribution is 5.94. The third-order valence-corrected chi connectivity index (χ3v) is 5.21. The van der Waals surface area contributed by atoms with Gasteiger partial charge < -0.3 is 10.1 Å². The van der Waals surface area contributed by atoms with Gasteiger partial charge in [-0.25, -0.2) is 0 Å². The van der Waals surface area contributed by atoms with Gasteiger partial charge in [-0.1, -0.05) is 6.07 Å². The molecule has 1 aromatic rings. The maximum absolute atomic E-state index is 12.5. The van der Waals surface area contributed by atoms with Gasteiger partial charge in [0.25, 0.3) is 0 Å². The zero-order valence-corrected chi connectivity index (χ0v) is 14.3. The van der Waals surface area contributed by atoms with Crippen LogP contribution in [0.5, 0.6) is 0 Å². The van der Waals surface area contributed by atoms with Crippen molar-refractivity contribution in [1.29, 1.82) is 0 Å². The molecule has 4 rings (SSSR count). The van der Waals surface area contributed by atoms with Crippen molar-refractivity contribution in [2.45, 2.75) is 38.5 Å². The molecule has 1 saturated heterocycles. The standard InChI is InChI=1S/C18H24N2O2.ClH/c21-17(12-20-7-9-22-10-8-20)19-18-15-5-1-3-13(15)11-14-4-2-6-16(14)18;/h11H,1-10,12H2,(H,19,21);1H. The van der Waals surface area contributed by atoms with Crippen molar-refractivity contribution in [3.05, 3.63) is 28.3 Å². The summed E-state index contributed by atoms with van der Waals surface area (Å²) in [4.78, 5) is 14.7. The van der Waals surface area contributed by atoms with Crippen LogP contribution in [0.2, 0.25) is 0 Å². The van der Waals surface area contributed by atoms with Gasteiger partial charge in [0.05, 0.1) is 19.8 Å². The maximum Gasteiger partial charge on any atom is 0.238 e. The summed E-state index contributed by atoms with van der Waals surface area (Å²) in [5.74, 6) is 0.135. The highest BCUT2D eigenvalue weighted by Gasteiger charge is 2.25. The van der Waals surface area contributed by atoms with Crippen LogP contribution in [-0.2, 0) is 35.2 Å². The molecule has 0 saturated carbocycles. The molecule has 0 radical (unpaired) electrons. The molecular formula is C18H25ClN2O2. The van der Waals surface area contributed by atoms with Crippen LogP contribution in [0.25, 0.3) is 0 Å². The second kappa shape index (κ2) is 7.20. The quantitative estimate of drug-likeness (QED) is 0.921. The van der Waals surface area contributed by atoms with Crippen LogP contribution in [0.1, 0.15) is 35.1 Å². The minimum absolute atomic E-state index is 0. The number of morpholine rings is 1. The number of nitrogens with one attached hydrogen (secondary N) is 1. The van der Waals surface area contributed by atoms with Crippen LogP contribution >= 0.6 is 12.4 Å². The molecule has 0 spiro atoms. The molecule has 2 aliphatic carbocycles. The van der Waals surface area contributed by atoms with E-state index >= 15 is 0 Å². The molecule has 0 atom stereocenters. The number of anilines is 1. The number of amides is 1. The van der Waals surface area contributed by atoms with Crippen LogP contribution in [0, 0.1) is 0 Å². The molecule has 1 amide bonds. The number of hydrogen-bond donors (Lipinski definition) is 1. The lowest BCUT2D eigenvalue weighted by Gasteiger charge is -2.26. The van der Waals surface area contributed by atoms with E-state index in [1.54, 1.807) is 0 Å². The number of aryl methyl sites for hydroxylation is 2. The van der Waals surface area contributed by atoms with Crippen molar-refractivity contribution in [3.8, 4) is 0 Å². The molecule has 1 N–H and O–H groups in total. The fraction of sp³-hybridized carbons (Fsp3) is 0.611. The summed E-state index contributed by atoms with van der Waals surface area (Å²) < 4.78 is 5.35. The molecule has 5 heteroatoms. The van der Waals surface area contributed by atoms with Gasteiger partial charge >= 0.3 is 0 Å². The Labute approximate surface area is 144 Å². The number of rotatable bonds is 3. The first kappa shape index (κ1) is 16.7. The first-order valence-electron chi connectivity index (χ1n) is 8.58. The Morgan fingerprint density at radius 1 is 1.04 bits per heavy atom. The molecule has 3 aliphatic rings. The zero-order valence-electron chi connectivity index (χ0n) is 13.5. The Kier molecular flexibility index (Phi) is 5.24. The largest absolute Gasteiger partial charge is 0.379 e. The molecule has 0 unspecified atom stereocenters. The smallest absolute Gasteiger partial charge is 0.238 e. The lowest BCUT2D eigenvalue weighted by molar-refractivity contribution is -0.118. The predicted molar refractivity (Wildman–Crippen MR) is 93.6 cm³/mol.